The minimum absolute atomic E-state index is 0.916. The SMILES string of the molecule is Fc1c(F)c(F)c([B-](c2c(F)c(F)c(F)c(F)c2F)(c2c(F)c(F)c(F)c(F)c2F)c2c(F)c(F)c(F)c(F)c2F)c(F)c1F.c1ccc(C[n+]2csc3ccc(-c4ccccc4)cc32)cc1. The van der Waals surface area contributed by atoms with Gasteiger partial charge in [0.2, 0.25) is 11.0 Å². The highest BCUT2D eigenvalue weighted by atomic mass is 32.1. The van der Waals surface area contributed by atoms with Crippen LogP contribution in [0.4, 0.5) is 87.8 Å². The molecule has 0 unspecified atom stereocenters. The number of fused-ring (bicyclic) bond motifs is 1. The fraction of sp³-hybridized carbons (Fsp3) is 0.0227. The predicted octanol–water partition coefficient (Wildman–Crippen LogP) is 10.8. The summed E-state index contributed by atoms with van der Waals surface area (Å²) in [4.78, 5) is 0. The lowest BCUT2D eigenvalue weighted by molar-refractivity contribution is -0.658. The van der Waals surface area contributed by atoms with E-state index in [9.17, 15) is 52.7 Å². The molecule has 8 aromatic rings. The molecule has 0 saturated heterocycles. The maximum Gasteiger partial charge on any atom is 0.226 e. The number of hydrogen-bond acceptors (Lipinski definition) is 1. The van der Waals surface area contributed by atoms with Gasteiger partial charge in [0.25, 0.3) is 0 Å². The zero-order valence-corrected chi connectivity index (χ0v) is 33.1. The second-order valence-electron chi connectivity index (χ2n) is 14.2. The van der Waals surface area contributed by atoms with E-state index in [0.717, 1.165) is 6.54 Å². The quantitative estimate of drug-likeness (QED) is 0.0493. The average Bonchev–Trinajstić information content (AvgIpc) is 3.73. The largest absolute Gasteiger partial charge is 0.226 e. The van der Waals surface area contributed by atoms with E-state index in [1.165, 1.54) is 26.9 Å². The first kappa shape index (κ1) is 48.0. The van der Waals surface area contributed by atoms with Gasteiger partial charge in [-0.05, 0) is 17.2 Å². The van der Waals surface area contributed by atoms with Gasteiger partial charge < -0.3 is 0 Å². The molecule has 8 rings (SSSR count). The van der Waals surface area contributed by atoms with E-state index in [2.05, 4.69) is 88.9 Å². The predicted molar refractivity (Wildman–Crippen MR) is 202 cm³/mol. The van der Waals surface area contributed by atoms with Crippen molar-refractivity contribution in [2.24, 2.45) is 0 Å². The summed E-state index contributed by atoms with van der Waals surface area (Å²) in [6, 6.07) is 27.9. The van der Waals surface area contributed by atoms with Crippen molar-refractivity contribution in [3.8, 4) is 11.1 Å². The summed E-state index contributed by atoms with van der Waals surface area (Å²) in [5.74, 6) is -71.4. The molecule has 0 bridgehead atoms. The third-order valence-corrected chi connectivity index (χ3v) is 11.5. The maximum atomic E-state index is 15.4. The molecule has 0 N–H and O–H groups in total. The van der Waals surface area contributed by atoms with Crippen LogP contribution in [0.2, 0.25) is 0 Å². The van der Waals surface area contributed by atoms with Gasteiger partial charge in [-0.2, -0.15) is 4.57 Å². The van der Waals surface area contributed by atoms with Crippen LogP contribution in [0, 0.1) is 116 Å². The monoisotopic (exact) mass is 981 g/mol. The van der Waals surface area contributed by atoms with Gasteiger partial charge in [-0.1, -0.05) is 78.1 Å². The molecule has 0 aliphatic carbocycles. The van der Waals surface area contributed by atoms with Crippen LogP contribution in [-0.4, -0.2) is 6.15 Å². The molecule has 23 heteroatoms. The van der Waals surface area contributed by atoms with Gasteiger partial charge in [-0.25, -0.2) is 87.8 Å². The Morgan fingerprint density at radius 1 is 0.328 bits per heavy atom. The van der Waals surface area contributed by atoms with Crippen molar-refractivity contribution < 1.29 is 92.4 Å². The Labute approximate surface area is 365 Å². The molecule has 0 radical (unpaired) electrons. The molecule has 346 valence electrons. The molecule has 0 spiro atoms. The highest BCUT2D eigenvalue weighted by Gasteiger charge is 2.52. The Bertz CT molecular complexity index is 2890. The first-order valence-electron chi connectivity index (χ1n) is 18.3. The third kappa shape index (κ3) is 7.61. The summed E-state index contributed by atoms with van der Waals surface area (Å²) >= 11 is 1.80. The lowest BCUT2D eigenvalue weighted by Crippen LogP contribution is -2.81. The molecule has 1 heterocycles. The van der Waals surface area contributed by atoms with Crippen LogP contribution < -0.4 is 26.4 Å². The van der Waals surface area contributed by atoms with Crippen LogP contribution in [0.15, 0.2) is 84.4 Å². The van der Waals surface area contributed by atoms with Crippen molar-refractivity contribution in [1.29, 1.82) is 0 Å². The molecule has 0 fully saturated rings. The lowest BCUT2D eigenvalue weighted by atomic mass is 9.12. The summed E-state index contributed by atoms with van der Waals surface area (Å²) in [5.41, 5.74) is -6.95. The van der Waals surface area contributed by atoms with Gasteiger partial charge in [0, 0.05) is 11.6 Å². The zero-order valence-electron chi connectivity index (χ0n) is 32.3. The smallest absolute Gasteiger partial charge is 0.207 e. The molecule has 0 saturated carbocycles. The standard InChI is InChI=1S/C24BF20.C20H16NS/c26-5-1(6(27)14(35)21(42)13(5)34)25(2-7(28)15(36)22(43)16(37)8(2)29,3-9(30)17(38)23(44)18(39)10(3)31)4-11(32)19(40)24(45)20(41)12(4)33;1-3-7-16(8-4-1)14-21-15-22-20-12-11-18(13-19(20)21)17-9-5-2-6-10-17/h;1-13,15H,14H2/q-1;+1. The van der Waals surface area contributed by atoms with Gasteiger partial charge in [0.15, 0.2) is 76.4 Å². The number of nitrogens with zero attached hydrogens (tertiary/aromatic N) is 1. The molecular formula is C44H16BF20NS. The van der Waals surface area contributed by atoms with Gasteiger partial charge in [-0.15, -0.1) is 21.9 Å². The number of benzene rings is 7. The zero-order chi connectivity index (χ0) is 49.1. The number of rotatable bonds is 7. The van der Waals surface area contributed by atoms with E-state index < -0.39 is 144 Å². The van der Waals surface area contributed by atoms with E-state index in [0.29, 0.717) is 0 Å². The number of halogens is 20. The van der Waals surface area contributed by atoms with Crippen molar-refractivity contribution in [3.63, 3.8) is 0 Å². The Morgan fingerprint density at radius 3 is 0.955 bits per heavy atom. The Kier molecular flexibility index (Phi) is 12.9. The molecule has 67 heavy (non-hydrogen) atoms. The molecular weight excluding hydrogens is 965 g/mol. The van der Waals surface area contributed by atoms with Crippen molar-refractivity contribution in [2.45, 2.75) is 6.54 Å². The summed E-state index contributed by atoms with van der Waals surface area (Å²) in [6.45, 7) is 0.916. The minimum atomic E-state index is -7.22. The molecule has 0 atom stereocenters. The second kappa shape index (κ2) is 18.1. The summed E-state index contributed by atoms with van der Waals surface area (Å²) in [6.07, 6.45) is -7.22. The molecule has 1 aromatic heterocycles. The van der Waals surface area contributed by atoms with Crippen LogP contribution in [-0.2, 0) is 6.54 Å². The summed E-state index contributed by atoms with van der Waals surface area (Å²) in [5, 5.41) is 0. The van der Waals surface area contributed by atoms with E-state index in [1.807, 2.05) is 0 Å². The molecule has 7 aromatic carbocycles. The first-order valence-corrected chi connectivity index (χ1v) is 19.2. The van der Waals surface area contributed by atoms with E-state index in [1.54, 1.807) is 11.3 Å². The van der Waals surface area contributed by atoms with Crippen LogP contribution in [0.3, 0.4) is 0 Å². The summed E-state index contributed by atoms with van der Waals surface area (Å²) < 4.78 is 298. The Balaban J connectivity index is 0.000000250. The Hall–Kier alpha value is -6.91. The maximum absolute atomic E-state index is 15.4. The van der Waals surface area contributed by atoms with Crippen molar-refractivity contribution in [1.82, 2.24) is 0 Å². The average molecular weight is 981 g/mol. The highest BCUT2D eigenvalue weighted by molar-refractivity contribution is 7.20. The van der Waals surface area contributed by atoms with Crippen molar-refractivity contribution in [2.75, 3.05) is 0 Å². The minimum Gasteiger partial charge on any atom is -0.207 e. The molecule has 1 nitrogen and oxygen atoms in total. The normalized spacial score (nSPS) is 11.6. The number of aromatic nitrogens is 1. The van der Waals surface area contributed by atoms with Gasteiger partial charge >= 0.3 is 0 Å². The number of hydrogen-bond donors (Lipinski definition) is 0. The van der Waals surface area contributed by atoms with Crippen LogP contribution in [0.25, 0.3) is 21.3 Å². The van der Waals surface area contributed by atoms with Gasteiger partial charge in [-0.3, -0.25) is 0 Å². The highest BCUT2D eigenvalue weighted by Crippen LogP contribution is 2.31. The van der Waals surface area contributed by atoms with Gasteiger partial charge in [0.05, 0.1) is 0 Å². The molecule has 0 aliphatic rings. The lowest BCUT2D eigenvalue weighted by Gasteiger charge is -2.44. The Morgan fingerprint density at radius 2 is 0.627 bits per heavy atom. The first-order chi connectivity index (χ1) is 31.6. The van der Waals surface area contributed by atoms with E-state index in [-0.39, 0.29) is 0 Å². The third-order valence-electron chi connectivity index (χ3n) is 10.6. The van der Waals surface area contributed by atoms with Gasteiger partial charge in [0.1, 0.15) is 57.4 Å². The number of thiazole rings is 1. The van der Waals surface area contributed by atoms with Crippen LogP contribution >= 0.6 is 11.3 Å². The molecule has 0 aliphatic heterocycles. The summed E-state index contributed by atoms with van der Waals surface area (Å²) in [7, 11) is 0. The van der Waals surface area contributed by atoms with Crippen molar-refractivity contribution >= 4 is 49.6 Å². The van der Waals surface area contributed by atoms with E-state index in [4.69, 9.17) is 0 Å². The fourth-order valence-corrected chi connectivity index (χ4v) is 8.48. The fourth-order valence-electron chi connectivity index (χ4n) is 7.61. The molecule has 0 amide bonds. The second-order valence-corrected chi connectivity index (χ2v) is 15.1. The van der Waals surface area contributed by atoms with E-state index >= 15 is 35.1 Å². The van der Waals surface area contributed by atoms with Crippen LogP contribution in [0.1, 0.15) is 5.56 Å². The van der Waals surface area contributed by atoms with Crippen molar-refractivity contribution in [3.05, 3.63) is 206 Å². The van der Waals surface area contributed by atoms with Crippen LogP contribution in [0.5, 0.6) is 0 Å². The topological polar surface area (TPSA) is 3.88 Å².